The number of ether oxygens (including phenoxy) is 1. The first-order chi connectivity index (χ1) is 10.4. The number of urea groups is 1. The number of amides is 2. The lowest BCUT2D eigenvalue weighted by Gasteiger charge is -2.44. The molecule has 22 heavy (non-hydrogen) atoms. The predicted molar refractivity (Wildman–Crippen MR) is 83.4 cm³/mol. The number of hydrogen-bond donors (Lipinski definition) is 1. The van der Waals surface area contributed by atoms with Gasteiger partial charge in [-0.2, -0.15) is 0 Å². The standard InChI is InChI=1S/C15H26N2O4S/c1-2-12-9-13(12)10-16-14(18)17-5-6-21-15(11-17)3-7-22(19,20)8-4-15/h12-13H,2-11H2,1H3,(H,16,18)/t12-,13+/m1/s1. The molecule has 2 amide bonds. The van der Waals surface area contributed by atoms with E-state index in [2.05, 4.69) is 12.2 Å². The summed E-state index contributed by atoms with van der Waals surface area (Å²) in [6.45, 7) is 4.54. The number of morpholine rings is 1. The number of carbonyl (C=O) groups is 1. The first kappa shape index (κ1) is 16.1. The van der Waals surface area contributed by atoms with Gasteiger partial charge in [-0.15, -0.1) is 0 Å². The van der Waals surface area contributed by atoms with Gasteiger partial charge in [0.15, 0.2) is 9.84 Å². The third-order valence-corrected chi connectivity index (χ3v) is 7.03. The van der Waals surface area contributed by atoms with E-state index in [1.807, 2.05) is 0 Å². The summed E-state index contributed by atoms with van der Waals surface area (Å²) in [5.41, 5.74) is -0.452. The number of sulfone groups is 1. The fraction of sp³-hybridized carbons (Fsp3) is 0.933. The molecule has 3 fully saturated rings. The number of rotatable bonds is 3. The highest BCUT2D eigenvalue weighted by Crippen LogP contribution is 2.40. The summed E-state index contributed by atoms with van der Waals surface area (Å²) >= 11 is 0. The van der Waals surface area contributed by atoms with Crippen LogP contribution in [0.15, 0.2) is 0 Å². The molecule has 0 aromatic heterocycles. The molecule has 1 N–H and O–H groups in total. The molecule has 7 heteroatoms. The van der Waals surface area contributed by atoms with Crippen molar-refractivity contribution >= 4 is 15.9 Å². The Morgan fingerprint density at radius 1 is 1.32 bits per heavy atom. The predicted octanol–water partition coefficient (Wildman–Crippen LogP) is 1.02. The Balaban J connectivity index is 1.51. The maximum Gasteiger partial charge on any atom is 0.317 e. The first-order valence-electron chi connectivity index (χ1n) is 8.30. The van der Waals surface area contributed by atoms with Crippen LogP contribution in [-0.2, 0) is 14.6 Å². The minimum atomic E-state index is -2.92. The average Bonchev–Trinajstić information content (AvgIpc) is 3.27. The van der Waals surface area contributed by atoms with Crippen LogP contribution >= 0.6 is 0 Å². The van der Waals surface area contributed by atoms with Crippen molar-refractivity contribution in [2.75, 3.05) is 37.7 Å². The lowest BCUT2D eigenvalue weighted by atomic mass is 9.94. The smallest absolute Gasteiger partial charge is 0.317 e. The molecule has 1 spiro atoms. The molecule has 1 saturated carbocycles. The average molecular weight is 330 g/mol. The number of nitrogens with zero attached hydrogens (tertiary/aromatic N) is 1. The molecule has 2 aliphatic heterocycles. The third kappa shape index (κ3) is 3.56. The third-order valence-electron chi connectivity index (χ3n) is 5.38. The Bertz CT molecular complexity index is 520. The molecule has 3 rings (SSSR count). The minimum Gasteiger partial charge on any atom is -0.371 e. The van der Waals surface area contributed by atoms with E-state index in [9.17, 15) is 13.2 Å². The van der Waals surface area contributed by atoms with Gasteiger partial charge in [-0.1, -0.05) is 13.3 Å². The minimum absolute atomic E-state index is 0.0298. The van der Waals surface area contributed by atoms with Crippen molar-refractivity contribution in [3.63, 3.8) is 0 Å². The summed E-state index contributed by atoms with van der Waals surface area (Å²) in [6, 6.07) is -0.0298. The van der Waals surface area contributed by atoms with Crippen LogP contribution in [0.4, 0.5) is 4.79 Å². The molecule has 2 atom stereocenters. The van der Waals surface area contributed by atoms with E-state index in [0.29, 0.717) is 38.5 Å². The normalized spacial score (nSPS) is 32.7. The second kappa shape index (κ2) is 6.00. The zero-order chi connectivity index (χ0) is 15.8. The summed E-state index contributed by atoms with van der Waals surface area (Å²) in [4.78, 5) is 14.1. The largest absolute Gasteiger partial charge is 0.371 e. The molecule has 3 aliphatic rings. The van der Waals surface area contributed by atoms with Crippen LogP contribution < -0.4 is 5.32 Å². The van der Waals surface area contributed by atoms with Crippen LogP contribution in [0, 0.1) is 11.8 Å². The van der Waals surface area contributed by atoms with Gasteiger partial charge in [-0.25, -0.2) is 13.2 Å². The fourth-order valence-electron chi connectivity index (χ4n) is 3.62. The van der Waals surface area contributed by atoms with Crippen LogP contribution in [0.25, 0.3) is 0 Å². The van der Waals surface area contributed by atoms with Gasteiger partial charge in [0, 0.05) is 13.1 Å². The van der Waals surface area contributed by atoms with E-state index in [1.54, 1.807) is 4.90 Å². The Morgan fingerprint density at radius 3 is 2.68 bits per heavy atom. The van der Waals surface area contributed by atoms with E-state index in [4.69, 9.17) is 4.74 Å². The second-order valence-corrected chi connectivity index (χ2v) is 9.26. The van der Waals surface area contributed by atoms with Crippen molar-refractivity contribution in [3.05, 3.63) is 0 Å². The fourth-order valence-corrected chi connectivity index (χ4v) is 5.19. The van der Waals surface area contributed by atoms with Gasteiger partial charge < -0.3 is 15.0 Å². The maximum atomic E-state index is 12.3. The Labute approximate surface area is 132 Å². The summed E-state index contributed by atoms with van der Waals surface area (Å²) in [6.07, 6.45) is 3.41. The van der Waals surface area contributed by atoms with Crippen LogP contribution in [0.3, 0.4) is 0 Å². The topological polar surface area (TPSA) is 75.7 Å². The van der Waals surface area contributed by atoms with Gasteiger partial charge >= 0.3 is 6.03 Å². The van der Waals surface area contributed by atoms with Gasteiger partial charge in [0.1, 0.15) is 0 Å². The summed E-state index contributed by atoms with van der Waals surface area (Å²) in [7, 11) is -2.92. The second-order valence-electron chi connectivity index (χ2n) is 6.96. The van der Waals surface area contributed by atoms with Crippen molar-refractivity contribution in [1.82, 2.24) is 10.2 Å². The molecule has 6 nitrogen and oxygen atoms in total. The van der Waals surface area contributed by atoms with Gasteiger partial charge in [0.25, 0.3) is 0 Å². The molecule has 0 radical (unpaired) electrons. The monoisotopic (exact) mass is 330 g/mol. The molecule has 126 valence electrons. The highest BCUT2D eigenvalue weighted by atomic mass is 32.2. The maximum absolute atomic E-state index is 12.3. The van der Waals surface area contributed by atoms with Gasteiger partial charge in [-0.05, 0) is 31.1 Å². The van der Waals surface area contributed by atoms with Crippen LogP contribution in [-0.4, -0.2) is 62.7 Å². The van der Waals surface area contributed by atoms with Gasteiger partial charge in [0.05, 0.1) is 30.3 Å². The van der Waals surface area contributed by atoms with E-state index in [-0.39, 0.29) is 17.5 Å². The molecule has 0 bridgehead atoms. The molecule has 2 heterocycles. The summed E-state index contributed by atoms with van der Waals surface area (Å²) in [5.74, 6) is 1.76. The van der Waals surface area contributed by atoms with Crippen molar-refractivity contribution in [3.8, 4) is 0 Å². The number of hydrogen-bond acceptors (Lipinski definition) is 4. The van der Waals surface area contributed by atoms with E-state index in [0.717, 1.165) is 12.5 Å². The van der Waals surface area contributed by atoms with Crippen molar-refractivity contribution in [2.45, 2.75) is 38.2 Å². The molecule has 0 aromatic carbocycles. The number of nitrogens with one attached hydrogen (secondary N) is 1. The van der Waals surface area contributed by atoms with Crippen molar-refractivity contribution < 1.29 is 17.9 Å². The molecule has 1 aliphatic carbocycles. The highest BCUT2D eigenvalue weighted by molar-refractivity contribution is 7.91. The van der Waals surface area contributed by atoms with Crippen LogP contribution in [0.5, 0.6) is 0 Å². The first-order valence-corrected chi connectivity index (χ1v) is 10.1. The highest BCUT2D eigenvalue weighted by Gasteiger charge is 2.43. The zero-order valence-corrected chi connectivity index (χ0v) is 14.0. The van der Waals surface area contributed by atoms with Gasteiger partial charge in [0.2, 0.25) is 0 Å². The Hall–Kier alpha value is -0.820. The van der Waals surface area contributed by atoms with Crippen molar-refractivity contribution in [2.24, 2.45) is 11.8 Å². The lowest BCUT2D eigenvalue weighted by Crippen LogP contribution is -2.58. The van der Waals surface area contributed by atoms with E-state index in [1.165, 1.54) is 12.8 Å². The SMILES string of the molecule is CC[C@@H]1C[C@H]1CNC(=O)N1CCOC2(CCS(=O)(=O)CC2)C1. The Morgan fingerprint density at radius 2 is 2.05 bits per heavy atom. The van der Waals surface area contributed by atoms with Crippen LogP contribution in [0.1, 0.15) is 32.6 Å². The molecular weight excluding hydrogens is 304 g/mol. The van der Waals surface area contributed by atoms with Gasteiger partial charge in [-0.3, -0.25) is 0 Å². The molecular formula is C15H26N2O4S. The number of carbonyl (C=O) groups excluding carboxylic acids is 1. The zero-order valence-electron chi connectivity index (χ0n) is 13.2. The van der Waals surface area contributed by atoms with E-state index >= 15 is 0 Å². The summed E-state index contributed by atoms with van der Waals surface area (Å²) < 4.78 is 29.0. The summed E-state index contributed by atoms with van der Waals surface area (Å²) in [5, 5.41) is 3.03. The Kier molecular flexibility index (Phi) is 4.38. The molecule has 0 aromatic rings. The quantitative estimate of drug-likeness (QED) is 0.838. The van der Waals surface area contributed by atoms with Crippen molar-refractivity contribution in [1.29, 1.82) is 0 Å². The molecule has 2 saturated heterocycles. The molecule has 0 unspecified atom stereocenters. The lowest BCUT2D eigenvalue weighted by molar-refractivity contribution is -0.102. The van der Waals surface area contributed by atoms with Crippen LogP contribution in [0.2, 0.25) is 0 Å². The van der Waals surface area contributed by atoms with E-state index < -0.39 is 15.4 Å².